The van der Waals surface area contributed by atoms with Crippen molar-refractivity contribution in [3.8, 4) is 5.69 Å². The molecule has 0 bridgehead atoms. The van der Waals surface area contributed by atoms with E-state index in [2.05, 4.69) is 4.98 Å². The second kappa shape index (κ2) is 4.00. The van der Waals surface area contributed by atoms with Crippen molar-refractivity contribution in [2.45, 2.75) is 6.92 Å². The molecule has 0 spiro atoms. The lowest BCUT2D eigenvalue weighted by atomic mass is 10.3. The molecule has 0 saturated heterocycles. The fourth-order valence-corrected chi connectivity index (χ4v) is 2.30. The first-order valence-electron chi connectivity index (χ1n) is 4.32. The molecule has 0 aliphatic rings. The van der Waals surface area contributed by atoms with Crippen LogP contribution >= 0.6 is 35.4 Å². The molecule has 5 heteroatoms. The van der Waals surface area contributed by atoms with Gasteiger partial charge in [-0.05, 0) is 31.3 Å². The predicted octanol–water partition coefficient (Wildman–Crippen LogP) is 4.15. The van der Waals surface area contributed by atoms with Crippen LogP contribution in [0.4, 0.5) is 0 Å². The van der Waals surface area contributed by atoms with E-state index in [1.165, 1.54) is 0 Å². The van der Waals surface area contributed by atoms with Crippen molar-refractivity contribution in [2.24, 2.45) is 0 Å². The summed E-state index contributed by atoms with van der Waals surface area (Å²) in [5.41, 5.74) is 1.69. The number of halogens is 2. The zero-order valence-electron chi connectivity index (χ0n) is 7.92. The second-order valence-corrected chi connectivity index (χ2v) is 4.34. The van der Waals surface area contributed by atoms with Crippen molar-refractivity contribution in [2.75, 3.05) is 0 Å². The molecule has 1 aromatic heterocycles. The van der Waals surface area contributed by atoms with Gasteiger partial charge in [0.2, 0.25) is 0 Å². The summed E-state index contributed by atoms with van der Waals surface area (Å²) in [6.45, 7) is 1.94. The van der Waals surface area contributed by atoms with Gasteiger partial charge in [0.15, 0.2) is 4.77 Å². The average Bonchev–Trinajstić information content (AvgIpc) is 2.49. The Hall–Kier alpha value is -0.770. The van der Waals surface area contributed by atoms with Gasteiger partial charge in [0.05, 0.1) is 15.7 Å². The number of nitrogens with one attached hydrogen (secondary N) is 1. The molecular weight excluding hydrogens is 251 g/mol. The van der Waals surface area contributed by atoms with Gasteiger partial charge in [0, 0.05) is 11.9 Å². The lowest BCUT2D eigenvalue weighted by molar-refractivity contribution is 0.985. The minimum absolute atomic E-state index is 0.585. The standard InChI is InChI=1S/C10H8Cl2N2S/c1-6-5-13-10(15)14(6)9-7(11)3-2-4-8(9)12/h2-5H,1H3,(H,13,15). The van der Waals surface area contributed by atoms with E-state index in [1.807, 2.05) is 17.7 Å². The summed E-state index contributed by atoms with van der Waals surface area (Å²) < 4.78 is 2.41. The van der Waals surface area contributed by atoms with Crippen molar-refractivity contribution in [1.29, 1.82) is 0 Å². The maximum atomic E-state index is 6.10. The highest BCUT2D eigenvalue weighted by molar-refractivity contribution is 7.71. The Kier molecular flexibility index (Phi) is 2.87. The molecule has 0 fully saturated rings. The molecule has 0 radical (unpaired) electrons. The van der Waals surface area contributed by atoms with Gasteiger partial charge in [0.1, 0.15) is 0 Å². The Balaban J connectivity index is 2.80. The average molecular weight is 259 g/mol. The number of rotatable bonds is 1. The van der Waals surface area contributed by atoms with Gasteiger partial charge < -0.3 is 4.98 Å². The summed E-state index contributed by atoms with van der Waals surface area (Å²) in [7, 11) is 0. The number of aryl methyl sites for hydroxylation is 1. The lowest BCUT2D eigenvalue weighted by Crippen LogP contribution is -1.98. The largest absolute Gasteiger partial charge is 0.337 e. The SMILES string of the molecule is Cc1c[nH]c(=S)n1-c1c(Cl)cccc1Cl. The van der Waals surface area contributed by atoms with E-state index in [0.29, 0.717) is 14.8 Å². The summed E-state index contributed by atoms with van der Waals surface area (Å²) in [6.07, 6.45) is 1.82. The Bertz CT molecular complexity index is 537. The molecule has 1 N–H and O–H groups in total. The van der Waals surface area contributed by atoms with Crippen LogP contribution in [0.3, 0.4) is 0 Å². The van der Waals surface area contributed by atoms with Gasteiger partial charge >= 0.3 is 0 Å². The number of aromatic nitrogens is 2. The molecule has 0 saturated carbocycles. The van der Waals surface area contributed by atoms with Gasteiger partial charge in [-0.25, -0.2) is 0 Å². The number of imidazole rings is 1. The van der Waals surface area contributed by atoms with Crippen molar-refractivity contribution < 1.29 is 0 Å². The lowest BCUT2D eigenvalue weighted by Gasteiger charge is -2.09. The van der Waals surface area contributed by atoms with Crippen LogP contribution in [0.1, 0.15) is 5.69 Å². The molecule has 2 rings (SSSR count). The van der Waals surface area contributed by atoms with Crippen LogP contribution in [0.5, 0.6) is 0 Å². The summed E-state index contributed by atoms with van der Waals surface area (Å²) in [6, 6.07) is 5.38. The van der Waals surface area contributed by atoms with Gasteiger partial charge in [0.25, 0.3) is 0 Å². The molecule has 2 nitrogen and oxygen atoms in total. The maximum absolute atomic E-state index is 6.10. The summed E-state index contributed by atoms with van der Waals surface area (Å²) in [5.74, 6) is 0. The second-order valence-electron chi connectivity index (χ2n) is 3.14. The normalized spacial score (nSPS) is 10.6. The summed E-state index contributed by atoms with van der Waals surface area (Å²) in [5, 5.41) is 1.17. The summed E-state index contributed by atoms with van der Waals surface area (Å²) >= 11 is 17.4. The van der Waals surface area contributed by atoms with E-state index in [1.54, 1.807) is 18.2 Å². The highest BCUT2D eigenvalue weighted by atomic mass is 35.5. The number of H-pyrrole nitrogens is 1. The molecule has 0 atom stereocenters. The van der Waals surface area contributed by atoms with Crippen molar-refractivity contribution in [1.82, 2.24) is 9.55 Å². The molecule has 0 aliphatic heterocycles. The first-order chi connectivity index (χ1) is 7.11. The zero-order valence-corrected chi connectivity index (χ0v) is 10.2. The highest BCUT2D eigenvalue weighted by Gasteiger charge is 2.10. The van der Waals surface area contributed by atoms with E-state index in [9.17, 15) is 0 Å². The molecule has 0 amide bonds. The van der Waals surface area contributed by atoms with Crippen LogP contribution in [0.2, 0.25) is 10.0 Å². The van der Waals surface area contributed by atoms with Gasteiger partial charge in [-0.1, -0.05) is 29.3 Å². The van der Waals surface area contributed by atoms with Crippen molar-refractivity contribution in [3.05, 3.63) is 44.9 Å². The van der Waals surface area contributed by atoms with E-state index >= 15 is 0 Å². The number of para-hydroxylation sites is 1. The van der Waals surface area contributed by atoms with Gasteiger partial charge in [-0.15, -0.1) is 0 Å². The fraction of sp³-hybridized carbons (Fsp3) is 0.100. The fourth-order valence-electron chi connectivity index (χ4n) is 1.44. The minimum atomic E-state index is 0.585. The molecule has 15 heavy (non-hydrogen) atoms. The Morgan fingerprint density at radius 2 is 1.87 bits per heavy atom. The minimum Gasteiger partial charge on any atom is -0.337 e. The molecule has 0 unspecified atom stereocenters. The maximum Gasteiger partial charge on any atom is 0.182 e. The van der Waals surface area contributed by atoms with Gasteiger partial charge in [-0.2, -0.15) is 0 Å². The van der Waals surface area contributed by atoms with E-state index < -0.39 is 0 Å². The molecular formula is C10H8Cl2N2S. The van der Waals surface area contributed by atoms with E-state index in [4.69, 9.17) is 35.4 Å². The Morgan fingerprint density at radius 3 is 2.33 bits per heavy atom. The number of hydrogen-bond donors (Lipinski definition) is 1. The Labute approximate surface area is 102 Å². The summed E-state index contributed by atoms with van der Waals surface area (Å²) in [4.78, 5) is 2.95. The molecule has 1 aromatic carbocycles. The zero-order chi connectivity index (χ0) is 11.0. The van der Waals surface area contributed by atoms with Crippen LogP contribution in [-0.2, 0) is 0 Å². The third-order valence-corrected chi connectivity index (χ3v) is 3.03. The van der Waals surface area contributed by atoms with Crippen molar-refractivity contribution in [3.63, 3.8) is 0 Å². The number of hydrogen-bond acceptors (Lipinski definition) is 1. The predicted molar refractivity (Wildman–Crippen MR) is 65.7 cm³/mol. The molecule has 0 aliphatic carbocycles. The molecule has 1 heterocycles. The van der Waals surface area contributed by atoms with E-state index in [-0.39, 0.29) is 0 Å². The highest BCUT2D eigenvalue weighted by Crippen LogP contribution is 2.29. The van der Waals surface area contributed by atoms with Crippen LogP contribution in [-0.4, -0.2) is 9.55 Å². The van der Waals surface area contributed by atoms with Crippen LogP contribution < -0.4 is 0 Å². The Morgan fingerprint density at radius 1 is 1.27 bits per heavy atom. The topological polar surface area (TPSA) is 20.7 Å². The first-order valence-corrected chi connectivity index (χ1v) is 5.49. The smallest absolute Gasteiger partial charge is 0.182 e. The number of aromatic amines is 1. The van der Waals surface area contributed by atoms with Crippen LogP contribution in [0, 0.1) is 11.7 Å². The van der Waals surface area contributed by atoms with Crippen LogP contribution in [0.15, 0.2) is 24.4 Å². The molecule has 78 valence electrons. The monoisotopic (exact) mass is 258 g/mol. The van der Waals surface area contributed by atoms with Crippen LogP contribution in [0.25, 0.3) is 5.69 Å². The number of nitrogens with zero attached hydrogens (tertiary/aromatic N) is 1. The first kappa shape index (κ1) is 10.7. The number of benzene rings is 1. The van der Waals surface area contributed by atoms with E-state index in [0.717, 1.165) is 11.4 Å². The quantitative estimate of drug-likeness (QED) is 0.763. The third-order valence-electron chi connectivity index (χ3n) is 2.12. The van der Waals surface area contributed by atoms with Crippen molar-refractivity contribution >= 4 is 35.4 Å². The molecule has 2 aromatic rings. The van der Waals surface area contributed by atoms with Gasteiger partial charge in [-0.3, -0.25) is 4.57 Å². The third kappa shape index (κ3) is 1.83.